The van der Waals surface area contributed by atoms with Crippen LogP contribution in [0.1, 0.15) is 36.8 Å². The second-order valence-electron chi connectivity index (χ2n) is 9.34. The maximum Gasteiger partial charge on any atom is 0.337 e. The van der Waals surface area contributed by atoms with E-state index in [4.69, 9.17) is 11.6 Å². The molecule has 3 atom stereocenters. The molecule has 0 spiro atoms. The Kier molecular flexibility index (Phi) is 6.37. The molecule has 0 aromatic heterocycles. The molecule has 3 unspecified atom stereocenters. The highest BCUT2D eigenvalue weighted by Crippen LogP contribution is 2.38. The minimum absolute atomic E-state index is 0.0265. The summed E-state index contributed by atoms with van der Waals surface area (Å²) in [5, 5.41) is 4.57. The van der Waals surface area contributed by atoms with Gasteiger partial charge >= 0.3 is 6.03 Å². The van der Waals surface area contributed by atoms with E-state index in [0.29, 0.717) is 17.1 Å². The number of nitrogens with one attached hydrogen (secondary N) is 2. The average Bonchev–Trinajstić information content (AvgIpc) is 3.16. The number of aryl methyl sites for hydroxylation is 1. The summed E-state index contributed by atoms with van der Waals surface area (Å²) in [6.07, 6.45) is 2.63. The molecule has 184 valence electrons. The third-order valence-electron chi connectivity index (χ3n) is 7.01. The van der Waals surface area contributed by atoms with Crippen LogP contribution in [0.4, 0.5) is 14.9 Å². The van der Waals surface area contributed by atoms with Crippen LogP contribution in [0.2, 0.25) is 5.02 Å². The first-order valence-electron chi connectivity index (χ1n) is 11.8. The van der Waals surface area contributed by atoms with Crippen LogP contribution in [0.25, 0.3) is 0 Å². The minimum Gasteiger partial charge on any atom is -0.324 e. The van der Waals surface area contributed by atoms with Gasteiger partial charge in [0.25, 0.3) is 0 Å². The Hall–Kier alpha value is -3.17. The number of fused-ring (bicyclic) bond motifs is 3. The average molecular weight is 500 g/mol. The largest absolute Gasteiger partial charge is 0.337 e. The maximum absolute atomic E-state index is 13.5. The number of hydrazine groups is 1. The van der Waals surface area contributed by atoms with Gasteiger partial charge in [-0.2, -0.15) is 5.43 Å². The summed E-state index contributed by atoms with van der Waals surface area (Å²) in [6, 6.07) is 10.6. The highest BCUT2D eigenvalue weighted by molar-refractivity contribution is 6.31. The van der Waals surface area contributed by atoms with Gasteiger partial charge in [-0.15, -0.1) is 0 Å². The SMILES string of the molecule is Cc1ccc(Cl)cc1NC(=O)CN1NC2N(Cc3ccc(F)cc3)C(=O)C3CCCCC3N2C1=O. The number of nitrogens with zero attached hydrogens (tertiary/aromatic N) is 3. The van der Waals surface area contributed by atoms with Crippen molar-refractivity contribution < 1.29 is 18.8 Å². The maximum atomic E-state index is 13.5. The van der Waals surface area contributed by atoms with Gasteiger partial charge in [0.2, 0.25) is 11.8 Å². The van der Waals surface area contributed by atoms with Crippen LogP contribution in [-0.4, -0.2) is 51.5 Å². The quantitative estimate of drug-likeness (QED) is 0.654. The molecule has 2 saturated heterocycles. The summed E-state index contributed by atoms with van der Waals surface area (Å²) in [6.45, 7) is 1.85. The second-order valence-corrected chi connectivity index (χ2v) is 9.77. The monoisotopic (exact) mass is 499 g/mol. The van der Waals surface area contributed by atoms with E-state index in [9.17, 15) is 18.8 Å². The number of halogens is 2. The van der Waals surface area contributed by atoms with Crippen LogP contribution < -0.4 is 10.7 Å². The number of hydrogen-bond acceptors (Lipinski definition) is 4. The smallest absolute Gasteiger partial charge is 0.324 e. The van der Waals surface area contributed by atoms with E-state index in [0.717, 1.165) is 30.4 Å². The molecule has 2 aromatic rings. The Morgan fingerprint density at radius 1 is 1.14 bits per heavy atom. The molecule has 1 aliphatic carbocycles. The standard InChI is InChI=1S/C25H27ClFN5O3/c1-15-6-9-17(26)12-20(15)28-22(33)14-31-25(35)32-21-5-3-2-4-19(21)23(34)30(24(32)29-31)13-16-7-10-18(27)11-8-16/h6-12,19,21,24,29H,2-5,13-14H2,1H3,(H,28,33). The van der Waals surface area contributed by atoms with E-state index < -0.39 is 6.29 Å². The van der Waals surface area contributed by atoms with Crippen LogP contribution in [0.15, 0.2) is 42.5 Å². The van der Waals surface area contributed by atoms with Crippen molar-refractivity contribution in [3.05, 3.63) is 64.4 Å². The van der Waals surface area contributed by atoms with Crippen LogP contribution in [0.3, 0.4) is 0 Å². The zero-order valence-electron chi connectivity index (χ0n) is 19.3. The molecule has 0 bridgehead atoms. The molecule has 2 aromatic carbocycles. The van der Waals surface area contributed by atoms with Gasteiger partial charge in [-0.05, 0) is 55.2 Å². The highest BCUT2D eigenvalue weighted by Gasteiger charge is 2.54. The van der Waals surface area contributed by atoms with Gasteiger partial charge in [-0.25, -0.2) is 14.2 Å². The number of carbonyl (C=O) groups excluding carboxylic acids is 3. The lowest BCUT2D eigenvalue weighted by atomic mass is 9.81. The summed E-state index contributed by atoms with van der Waals surface area (Å²) >= 11 is 6.05. The van der Waals surface area contributed by atoms with Crippen molar-refractivity contribution in [2.24, 2.45) is 5.92 Å². The lowest BCUT2D eigenvalue weighted by molar-refractivity contribution is -0.157. The van der Waals surface area contributed by atoms with Gasteiger partial charge in [0.05, 0.1) is 5.92 Å². The highest BCUT2D eigenvalue weighted by atomic mass is 35.5. The van der Waals surface area contributed by atoms with Gasteiger partial charge in [-0.3, -0.25) is 14.5 Å². The Balaban J connectivity index is 1.37. The molecule has 5 rings (SSSR count). The first kappa shape index (κ1) is 23.6. The molecule has 3 aliphatic rings. The Bertz CT molecular complexity index is 1160. The topological polar surface area (TPSA) is 85.0 Å². The van der Waals surface area contributed by atoms with Crippen LogP contribution in [-0.2, 0) is 16.1 Å². The van der Waals surface area contributed by atoms with Crippen molar-refractivity contribution in [3.8, 4) is 0 Å². The molecule has 8 nitrogen and oxygen atoms in total. The molecule has 35 heavy (non-hydrogen) atoms. The van der Waals surface area contributed by atoms with Gasteiger partial charge in [0.15, 0.2) is 6.29 Å². The zero-order chi connectivity index (χ0) is 24.7. The summed E-state index contributed by atoms with van der Waals surface area (Å²) in [7, 11) is 0. The van der Waals surface area contributed by atoms with Gasteiger partial charge < -0.3 is 10.2 Å². The van der Waals surface area contributed by atoms with E-state index in [1.54, 1.807) is 40.1 Å². The van der Waals surface area contributed by atoms with E-state index in [1.165, 1.54) is 17.1 Å². The van der Waals surface area contributed by atoms with Crippen molar-refractivity contribution in [2.75, 3.05) is 11.9 Å². The van der Waals surface area contributed by atoms with Crippen molar-refractivity contribution in [1.82, 2.24) is 20.2 Å². The molecule has 10 heteroatoms. The van der Waals surface area contributed by atoms with Crippen LogP contribution >= 0.6 is 11.6 Å². The lowest BCUT2D eigenvalue weighted by Gasteiger charge is -2.48. The van der Waals surface area contributed by atoms with Crippen molar-refractivity contribution in [2.45, 2.75) is 51.5 Å². The third-order valence-corrected chi connectivity index (χ3v) is 7.25. The lowest BCUT2D eigenvalue weighted by Crippen LogP contribution is -2.65. The Morgan fingerprint density at radius 3 is 2.66 bits per heavy atom. The molecule has 3 fully saturated rings. The summed E-state index contributed by atoms with van der Waals surface area (Å²) < 4.78 is 13.4. The normalized spacial score (nSPS) is 23.9. The van der Waals surface area contributed by atoms with E-state index >= 15 is 0 Å². The fraction of sp³-hybridized carbons (Fsp3) is 0.400. The van der Waals surface area contributed by atoms with Crippen molar-refractivity contribution in [3.63, 3.8) is 0 Å². The molecular formula is C25H27ClFN5O3. The molecule has 2 heterocycles. The fourth-order valence-electron chi connectivity index (χ4n) is 5.24. The molecule has 2 aliphatic heterocycles. The van der Waals surface area contributed by atoms with Gasteiger partial charge in [0, 0.05) is 23.3 Å². The minimum atomic E-state index is -0.708. The summed E-state index contributed by atoms with van der Waals surface area (Å²) in [4.78, 5) is 43.1. The fourth-order valence-corrected chi connectivity index (χ4v) is 5.41. The van der Waals surface area contributed by atoms with Crippen molar-refractivity contribution >= 4 is 35.1 Å². The number of carbonyl (C=O) groups is 3. The van der Waals surface area contributed by atoms with E-state index in [1.807, 2.05) is 6.92 Å². The molecule has 2 N–H and O–H groups in total. The van der Waals surface area contributed by atoms with Crippen LogP contribution in [0, 0.1) is 18.7 Å². The number of anilines is 1. The molecule has 1 saturated carbocycles. The molecular weight excluding hydrogens is 473 g/mol. The van der Waals surface area contributed by atoms with E-state index in [2.05, 4.69) is 10.7 Å². The molecule has 4 amide bonds. The summed E-state index contributed by atoms with van der Waals surface area (Å²) in [5.41, 5.74) is 5.27. The zero-order valence-corrected chi connectivity index (χ0v) is 20.1. The number of rotatable bonds is 5. The van der Waals surface area contributed by atoms with E-state index in [-0.39, 0.29) is 48.7 Å². The number of urea groups is 1. The number of hydrogen-bond donors (Lipinski definition) is 2. The molecule has 0 radical (unpaired) electrons. The second kappa shape index (κ2) is 9.47. The van der Waals surface area contributed by atoms with Crippen molar-refractivity contribution in [1.29, 1.82) is 0 Å². The number of benzene rings is 2. The van der Waals surface area contributed by atoms with Gasteiger partial charge in [-0.1, -0.05) is 42.6 Å². The van der Waals surface area contributed by atoms with Gasteiger partial charge in [0.1, 0.15) is 12.4 Å². The Labute approximate surface area is 208 Å². The predicted octanol–water partition coefficient (Wildman–Crippen LogP) is 3.85. The van der Waals surface area contributed by atoms with Crippen LogP contribution in [0.5, 0.6) is 0 Å². The third kappa shape index (κ3) is 4.58. The first-order valence-corrected chi connectivity index (χ1v) is 12.2. The number of amides is 4. The predicted molar refractivity (Wildman–Crippen MR) is 128 cm³/mol. The summed E-state index contributed by atoms with van der Waals surface area (Å²) in [5.74, 6) is -1.04. The first-order chi connectivity index (χ1) is 16.8. The Morgan fingerprint density at radius 2 is 1.89 bits per heavy atom.